The van der Waals surface area contributed by atoms with Crippen LogP contribution in [0.1, 0.15) is 64.2 Å². The molecule has 0 aromatic rings. The van der Waals surface area contributed by atoms with E-state index in [1.54, 1.807) is 5.54 Å². The van der Waals surface area contributed by atoms with Crippen LogP contribution in [-0.4, -0.2) is 36.1 Å². The molecule has 1 spiro atoms. The Morgan fingerprint density at radius 2 is 1.76 bits per heavy atom. The molecule has 1 heterocycles. The Hall–Kier alpha value is -0.0500. The Kier molecular flexibility index (Phi) is 5.64. The highest BCUT2D eigenvalue weighted by Gasteiger charge is 2.41. The summed E-state index contributed by atoms with van der Waals surface area (Å²) in [5.41, 5.74) is 2.11. The standard InChI is InChI=1S/C18H31ClN2/c19-12-7-13-21-15-18(10-5-2-6-11-18)20-14-17(21)16-8-3-1-4-9-16/h7,12,16-17,20H,1-6,8-11,13-15H2/b12-7+. The van der Waals surface area contributed by atoms with Gasteiger partial charge in [0.25, 0.3) is 0 Å². The highest BCUT2D eigenvalue weighted by atomic mass is 35.5. The van der Waals surface area contributed by atoms with Gasteiger partial charge in [-0.15, -0.1) is 0 Å². The molecule has 3 aliphatic rings. The quantitative estimate of drug-likeness (QED) is 0.836. The lowest BCUT2D eigenvalue weighted by Crippen LogP contribution is -2.66. The molecule has 1 N–H and O–H groups in total. The average molecular weight is 311 g/mol. The van der Waals surface area contributed by atoms with Gasteiger partial charge in [-0.25, -0.2) is 0 Å². The number of hydrogen-bond donors (Lipinski definition) is 1. The lowest BCUT2D eigenvalue weighted by molar-refractivity contribution is 0.0289. The third kappa shape index (κ3) is 3.83. The number of halogens is 1. The third-order valence-electron chi connectivity index (χ3n) is 6.09. The summed E-state index contributed by atoms with van der Waals surface area (Å²) in [5.74, 6) is 0.899. The molecule has 2 aliphatic carbocycles. The minimum absolute atomic E-state index is 0.406. The number of piperazine rings is 1. The molecule has 0 amide bonds. The van der Waals surface area contributed by atoms with Crippen molar-refractivity contribution in [2.24, 2.45) is 5.92 Å². The zero-order valence-corrected chi connectivity index (χ0v) is 14.1. The molecular weight excluding hydrogens is 280 g/mol. The van der Waals surface area contributed by atoms with Crippen molar-refractivity contribution in [3.8, 4) is 0 Å². The second-order valence-electron chi connectivity index (χ2n) is 7.48. The van der Waals surface area contributed by atoms with Crippen molar-refractivity contribution < 1.29 is 0 Å². The molecule has 0 radical (unpaired) electrons. The van der Waals surface area contributed by atoms with Crippen molar-refractivity contribution in [2.75, 3.05) is 19.6 Å². The highest BCUT2D eigenvalue weighted by Crippen LogP contribution is 2.36. The van der Waals surface area contributed by atoms with Crippen molar-refractivity contribution in [2.45, 2.75) is 75.8 Å². The molecule has 1 unspecified atom stereocenters. The molecule has 0 bridgehead atoms. The molecule has 21 heavy (non-hydrogen) atoms. The molecule has 1 saturated heterocycles. The fourth-order valence-electron chi connectivity index (χ4n) is 4.93. The summed E-state index contributed by atoms with van der Waals surface area (Å²) in [5, 5.41) is 3.99. The summed E-state index contributed by atoms with van der Waals surface area (Å²) < 4.78 is 0. The monoisotopic (exact) mass is 310 g/mol. The molecule has 2 saturated carbocycles. The van der Waals surface area contributed by atoms with Gasteiger partial charge in [0.15, 0.2) is 0 Å². The fraction of sp³-hybridized carbons (Fsp3) is 0.889. The van der Waals surface area contributed by atoms with Gasteiger partial charge >= 0.3 is 0 Å². The Bertz CT molecular complexity index is 343. The summed E-state index contributed by atoms with van der Waals surface area (Å²) >= 11 is 5.81. The van der Waals surface area contributed by atoms with E-state index in [1.807, 2.05) is 0 Å². The first-order valence-corrected chi connectivity index (χ1v) is 9.51. The van der Waals surface area contributed by atoms with Crippen LogP contribution in [0.25, 0.3) is 0 Å². The maximum atomic E-state index is 5.81. The molecular formula is C18H31ClN2. The van der Waals surface area contributed by atoms with Gasteiger partial charge in [0.2, 0.25) is 0 Å². The number of hydrogen-bond acceptors (Lipinski definition) is 2. The second-order valence-corrected chi connectivity index (χ2v) is 7.73. The molecule has 3 heteroatoms. The van der Waals surface area contributed by atoms with E-state index in [0.29, 0.717) is 5.54 Å². The third-order valence-corrected chi connectivity index (χ3v) is 6.27. The minimum Gasteiger partial charge on any atom is -0.308 e. The number of rotatable bonds is 3. The van der Waals surface area contributed by atoms with Crippen LogP contribution in [0.4, 0.5) is 0 Å². The molecule has 120 valence electrons. The van der Waals surface area contributed by atoms with Crippen LogP contribution in [0, 0.1) is 5.92 Å². The molecule has 3 rings (SSSR count). The SMILES string of the molecule is Cl/C=C/CN1CC2(CCCCC2)NCC1C1CCCCC1. The maximum Gasteiger partial charge on any atom is 0.0309 e. The lowest BCUT2D eigenvalue weighted by atomic mass is 9.76. The van der Waals surface area contributed by atoms with Gasteiger partial charge in [-0.2, -0.15) is 0 Å². The van der Waals surface area contributed by atoms with Crippen molar-refractivity contribution in [3.05, 3.63) is 11.6 Å². The fourth-order valence-corrected chi connectivity index (χ4v) is 5.01. The second kappa shape index (κ2) is 7.48. The number of nitrogens with zero attached hydrogens (tertiary/aromatic N) is 1. The van der Waals surface area contributed by atoms with Gasteiger partial charge in [0, 0.05) is 36.8 Å². The van der Waals surface area contributed by atoms with E-state index in [0.717, 1.165) is 18.5 Å². The van der Waals surface area contributed by atoms with E-state index in [-0.39, 0.29) is 0 Å². The predicted octanol–water partition coefficient (Wildman–Crippen LogP) is 4.30. The van der Waals surface area contributed by atoms with Crippen LogP contribution in [0.5, 0.6) is 0 Å². The Labute approximate surface area is 135 Å². The highest BCUT2D eigenvalue weighted by molar-refractivity contribution is 6.25. The van der Waals surface area contributed by atoms with Gasteiger partial charge in [-0.3, -0.25) is 4.90 Å². The van der Waals surface area contributed by atoms with Gasteiger partial charge < -0.3 is 5.32 Å². The predicted molar refractivity (Wildman–Crippen MR) is 90.7 cm³/mol. The van der Waals surface area contributed by atoms with Crippen molar-refractivity contribution >= 4 is 11.6 Å². The topological polar surface area (TPSA) is 15.3 Å². The Morgan fingerprint density at radius 3 is 2.48 bits per heavy atom. The zero-order valence-electron chi connectivity index (χ0n) is 13.3. The molecule has 0 aromatic carbocycles. The molecule has 1 aliphatic heterocycles. The smallest absolute Gasteiger partial charge is 0.0309 e. The zero-order chi connectivity index (χ0) is 14.5. The van der Waals surface area contributed by atoms with Crippen molar-refractivity contribution in [3.63, 3.8) is 0 Å². The van der Waals surface area contributed by atoms with Crippen LogP contribution in [0.3, 0.4) is 0 Å². The van der Waals surface area contributed by atoms with E-state index >= 15 is 0 Å². The van der Waals surface area contributed by atoms with Gasteiger partial charge in [0.05, 0.1) is 0 Å². The van der Waals surface area contributed by atoms with Gasteiger partial charge in [0.1, 0.15) is 0 Å². The van der Waals surface area contributed by atoms with E-state index in [4.69, 9.17) is 11.6 Å². The molecule has 3 fully saturated rings. The first-order valence-electron chi connectivity index (χ1n) is 9.07. The summed E-state index contributed by atoms with van der Waals surface area (Å²) in [6.45, 7) is 3.46. The maximum absolute atomic E-state index is 5.81. The Morgan fingerprint density at radius 1 is 1.05 bits per heavy atom. The first kappa shape index (κ1) is 15.8. The lowest BCUT2D eigenvalue weighted by Gasteiger charge is -2.52. The van der Waals surface area contributed by atoms with Crippen LogP contribution < -0.4 is 5.32 Å². The van der Waals surface area contributed by atoms with Gasteiger partial charge in [-0.05, 0) is 31.6 Å². The normalized spacial score (nSPS) is 32.0. The van der Waals surface area contributed by atoms with Gasteiger partial charge in [-0.1, -0.05) is 56.2 Å². The average Bonchev–Trinajstić information content (AvgIpc) is 2.55. The molecule has 2 nitrogen and oxygen atoms in total. The van der Waals surface area contributed by atoms with Crippen molar-refractivity contribution in [1.82, 2.24) is 10.2 Å². The molecule has 0 aromatic heterocycles. The summed E-state index contributed by atoms with van der Waals surface area (Å²) in [4.78, 5) is 2.75. The Balaban J connectivity index is 1.68. The van der Waals surface area contributed by atoms with Crippen LogP contribution in [0.2, 0.25) is 0 Å². The van der Waals surface area contributed by atoms with Crippen LogP contribution in [-0.2, 0) is 0 Å². The van der Waals surface area contributed by atoms with E-state index < -0.39 is 0 Å². The summed E-state index contributed by atoms with van der Waals surface area (Å²) in [6.07, 6.45) is 16.3. The largest absolute Gasteiger partial charge is 0.308 e. The van der Waals surface area contributed by atoms with Crippen molar-refractivity contribution in [1.29, 1.82) is 0 Å². The van der Waals surface area contributed by atoms with E-state index in [2.05, 4.69) is 16.3 Å². The van der Waals surface area contributed by atoms with Crippen LogP contribution >= 0.6 is 11.6 Å². The van der Waals surface area contributed by atoms with Crippen LogP contribution in [0.15, 0.2) is 11.6 Å². The first-order chi connectivity index (χ1) is 10.3. The summed E-state index contributed by atoms with van der Waals surface area (Å²) in [7, 11) is 0. The van der Waals surface area contributed by atoms with E-state index in [1.165, 1.54) is 77.3 Å². The summed E-state index contributed by atoms with van der Waals surface area (Å²) in [6, 6.07) is 0.728. The minimum atomic E-state index is 0.406. The number of nitrogens with one attached hydrogen (secondary N) is 1. The van der Waals surface area contributed by atoms with E-state index in [9.17, 15) is 0 Å². The molecule has 1 atom stereocenters.